The van der Waals surface area contributed by atoms with E-state index in [-0.39, 0.29) is 11.5 Å². The van der Waals surface area contributed by atoms with Gasteiger partial charge in [0.1, 0.15) is 11.5 Å². The number of hydrogen-bond acceptors (Lipinski definition) is 2. The van der Waals surface area contributed by atoms with Gasteiger partial charge >= 0.3 is 0 Å². The van der Waals surface area contributed by atoms with Gasteiger partial charge in [0.15, 0.2) is 11.5 Å². The highest BCUT2D eigenvalue weighted by Gasteiger charge is 2.13. The van der Waals surface area contributed by atoms with Gasteiger partial charge in [-0.05, 0) is 24.1 Å². The second kappa shape index (κ2) is 4.96. The van der Waals surface area contributed by atoms with Crippen LogP contribution in [0.25, 0.3) is 16.9 Å². The summed E-state index contributed by atoms with van der Waals surface area (Å²) in [5, 5.41) is 0. The zero-order valence-electron chi connectivity index (χ0n) is 11.3. The molecule has 0 radical (unpaired) electrons. The van der Waals surface area contributed by atoms with Crippen LogP contribution in [0.4, 0.5) is 10.2 Å². The van der Waals surface area contributed by atoms with Crippen LogP contribution in [0.5, 0.6) is 0 Å². The third kappa shape index (κ3) is 2.03. The minimum absolute atomic E-state index is 0.262. The largest absolute Gasteiger partial charge is 0.383 e. The maximum Gasteiger partial charge on any atom is 0.175 e. The monoisotopic (exact) mass is 269 g/mol. The fourth-order valence-electron chi connectivity index (χ4n) is 2.38. The highest BCUT2D eigenvalue weighted by Crippen LogP contribution is 2.27. The van der Waals surface area contributed by atoms with Gasteiger partial charge in [-0.15, -0.1) is 0 Å². The fraction of sp³-hybridized carbons (Fsp3) is 0.188. The molecular weight excluding hydrogens is 253 g/mol. The Bertz CT molecular complexity index is 744. The molecule has 0 aliphatic rings. The van der Waals surface area contributed by atoms with Crippen molar-refractivity contribution >= 4 is 11.5 Å². The Morgan fingerprint density at radius 2 is 1.95 bits per heavy atom. The molecule has 0 fully saturated rings. The Hall–Kier alpha value is -2.36. The van der Waals surface area contributed by atoms with Crippen LogP contribution in [-0.4, -0.2) is 9.38 Å². The minimum Gasteiger partial charge on any atom is -0.383 e. The van der Waals surface area contributed by atoms with Gasteiger partial charge in [0, 0.05) is 11.8 Å². The number of aryl methyl sites for hydroxylation is 1. The summed E-state index contributed by atoms with van der Waals surface area (Å²) >= 11 is 0. The molecule has 3 nitrogen and oxygen atoms in total. The van der Waals surface area contributed by atoms with Crippen LogP contribution in [0.3, 0.4) is 0 Å². The number of pyridine rings is 1. The molecule has 1 aromatic carbocycles. The maximum absolute atomic E-state index is 13.7. The van der Waals surface area contributed by atoms with Crippen molar-refractivity contribution in [2.75, 3.05) is 5.73 Å². The molecule has 0 amide bonds. The lowest BCUT2D eigenvalue weighted by Gasteiger charge is -2.02. The number of hydrogen-bond donors (Lipinski definition) is 1. The summed E-state index contributed by atoms with van der Waals surface area (Å²) in [4.78, 5) is 4.32. The molecule has 0 unspecified atom stereocenters. The van der Waals surface area contributed by atoms with Gasteiger partial charge in [-0.1, -0.05) is 37.6 Å². The van der Waals surface area contributed by atoms with E-state index in [4.69, 9.17) is 5.73 Å². The first-order valence-electron chi connectivity index (χ1n) is 6.72. The normalized spacial score (nSPS) is 11.1. The van der Waals surface area contributed by atoms with E-state index < -0.39 is 0 Å². The lowest BCUT2D eigenvalue weighted by atomic mass is 10.1. The van der Waals surface area contributed by atoms with Gasteiger partial charge < -0.3 is 5.73 Å². The Balaban J connectivity index is 2.10. The zero-order valence-corrected chi connectivity index (χ0v) is 11.3. The van der Waals surface area contributed by atoms with E-state index in [0.29, 0.717) is 11.5 Å². The van der Waals surface area contributed by atoms with E-state index in [1.54, 1.807) is 16.7 Å². The molecular formula is C16H16FN3. The van der Waals surface area contributed by atoms with Crippen molar-refractivity contribution < 1.29 is 4.39 Å². The zero-order chi connectivity index (χ0) is 14.1. The van der Waals surface area contributed by atoms with Crippen LogP contribution in [0.15, 0.2) is 42.6 Å². The van der Waals surface area contributed by atoms with E-state index in [9.17, 15) is 4.39 Å². The first-order chi connectivity index (χ1) is 9.70. The van der Waals surface area contributed by atoms with Crippen LogP contribution >= 0.6 is 0 Å². The van der Waals surface area contributed by atoms with Gasteiger partial charge in [0.25, 0.3) is 0 Å². The smallest absolute Gasteiger partial charge is 0.175 e. The van der Waals surface area contributed by atoms with Crippen LogP contribution in [0.1, 0.15) is 18.9 Å². The predicted molar refractivity (Wildman–Crippen MR) is 79.0 cm³/mol. The van der Waals surface area contributed by atoms with Gasteiger partial charge in [0.05, 0.1) is 0 Å². The second-order valence-electron chi connectivity index (χ2n) is 4.84. The topological polar surface area (TPSA) is 43.3 Å². The first-order valence-corrected chi connectivity index (χ1v) is 6.72. The van der Waals surface area contributed by atoms with Crippen molar-refractivity contribution in [3.8, 4) is 11.3 Å². The van der Waals surface area contributed by atoms with Gasteiger partial charge in [-0.2, -0.15) is 0 Å². The van der Waals surface area contributed by atoms with Crippen LogP contribution in [0, 0.1) is 5.82 Å². The number of nitrogen functional groups attached to an aromatic ring is 1. The number of aromatic nitrogens is 2. The quantitative estimate of drug-likeness (QED) is 0.788. The Morgan fingerprint density at radius 3 is 2.60 bits per heavy atom. The molecule has 0 saturated heterocycles. The van der Waals surface area contributed by atoms with E-state index in [0.717, 1.165) is 18.4 Å². The fourth-order valence-corrected chi connectivity index (χ4v) is 2.38. The average Bonchev–Trinajstić information content (AvgIpc) is 2.79. The van der Waals surface area contributed by atoms with Crippen LogP contribution in [0.2, 0.25) is 0 Å². The Morgan fingerprint density at radius 1 is 1.20 bits per heavy atom. The molecule has 3 rings (SSSR count). The average molecular weight is 269 g/mol. The summed E-state index contributed by atoms with van der Waals surface area (Å²) in [6.07, 6.45) is 3.88. The summed E-state index contributed by atoms with van der Waals surface area (Å²) in [7, 11) is 0. The van der Waals surface area contributed by atoms with Crippen molar-refractivity contribution in [1.82, 2.24) is 9.38 Å². The highest BCUT2D eigenvalue weighted by atomic mass is 19.1. The molecule has 0 aliphatic heterocycles. The van der Waals surface area contributed by atoms with E-state index in [1.165, 1.54) is 11.6 Å². The second-order valence-corrected chi connectivity index (χ2v) is 4.84. The maximum atomic E-state index is 13.7. The summed E-state index contributed by atoms with van der Waals surface area (Å²) in [6.45, 7) is 2.15. The first kappa shape index (κ1) is 12.7. The number of nitrogens with zero attached hydrogens (tertiary/aromatic N) is 2. The molecule has 2 heterocycles. The molecule has 0 spiro atoms. The lowest BCUT2D eigenvalue weighted by Crippen LogP contribution is -1.94. The number of benzene rings is 1. The third-order valence-electron chi connectivity index (χ3n) is 3.41. The summed E-state index contributed by atoms with van der Waals surface area (Å²) in [6, 6.07) is 11.1. The molecule has 4 heteroatoms. The number of rotatable bonds is 3. The van der Waals surface area contributed by atoms with Crippen molar-refractivity contribution in [3.63, 3.8) is 0 Å². The third-order valence-corrected chi connectivity index (χ3v) is 3.41. The van der Waals surface area contributed by atoms with Gasteiger partial charge in [0.2, 0.25) is 0 Å². The summed E-state index contributed by atoms with van der Waals surface area (Å²) < 4.78 is 15.3. The number of halogens is 1. The number of anilines is 1. The molecule has 102 valence electrons. The SMILES string of the molecule is CCCc1ccc(-c2nc3c(F)cccn3c2N)cc1. The molecule has 0 saturated carbocycles. The van der Waals surface area contributed by atoms with Crippen LogP contribution in [-0.2, 0) is 6.42 Å². The van der Waals surface area contributed by atoms with E-state index in [2.05, 4.69) is 24.0 Å². The standard InChI is InChI=1S/C16H16FN3/c1-2-4-11-6-8-12(9-7-11)14-15(18)20-10-3-5-13(17)16(20)19-14/h3,5-10H,2,4,18H2,1H3. The summed E-state index contributed by atoms with van der Waals surface area (Å²) in [5.41, 5.74) is 9.15. The highest BCUT2D eigenvalue weighted by molar-refractivity contribution is 5.75. The molecule has 2 N–H and O–H groups in total. The molecule has 0 aliphatic carbocycles. The van der Waals surface area contributed by atoms with E-state index >= 15 is 0 Å². The molecule has 0 bridgehead atoms. The Labute approximate surface area is 116 Å². The number of imidazole rings is 1. The lowest BCUT2D eigenvalue weighted by molar-refractivity contribution is 0.630. The van der Waals surface area contributed by atoms with Crippen molar-refractivity contribution in [2.24, 2.45) is 0 Å². The predicted octanol–water partition coefficient (Wildman–Crippen LogP) is 3.68. The van der Waals surface area contributed by atoms with Gasteiger partial charge in [-0.25, -0.2) is 9.37 Å². The van der Waals surface area contributed by atoms with E-state index in [1.807, 2.05) is 12.1 Å². The summed E-state index contributed by atoms with van der Waals surface area (Å²) in [5.74, 6) is 0.0933. The van der Waals surface area contributed by atoms with Crippen LogP contribution < -0.4 is 5.73 Å². The van der Waals surface area contributed by atoms with Crippen molar-refractivity contribution in [2.45, 2.75) is 19.8 Å². The molecule has 2 aromatic heterocycles. The Kier molecular flexibility index (Phi) is 3.14. The van der Waals surface area contributed by atoms with Gasteiger partial charge in [-0.3, -0.25) is 4.40 Å². The number of nitrogens with two attached hydrogens (primary N) is 1. The van der Waals surface area contributed by atoms with Crippen molar-refractivity contribution in [3.05, 3.63) is 54.0 Å². The molecule has 0 atom stereocenters. The van der Waals surface area contributed by atoms with Crippen molar-refractivity contribution in [1.29, 1.82) is 0 Å². The minimum atomic E-state index is -0.368. The number of fused-ring (bicyclic) bond motifs is 1. The molecule has 3 aromatic rings. The molecule has 20 heavy (non-hydrogen) atoms.